The Bertz CT molecular complexity index is 407. The molecule has 0 aliphatic rings. The zero-order valence-corrected chi connectivity index (χ0v) is 9.58. The standard InChI is InChI=1S/C13H16N2O/c1-4-11(5-2)14-13(16)15-12-8-6-7-10(3)9-12/h1,6-9,11H,5H2,2-3H3,(H2,14,15,16). The summed E-state index contributed by atoms with van der Waals surface area (Å²) in [5.41, 5.74) is 1.87. The summed E-state index contributed by atoms with van der Waals surface area (Å²) < 4.78 is 0. The smallest absolute Gasteiger partial charge is 0.320 e. The number of hydrogen-bond acceptors (Lipinski definition) is 1. The normalized spacial score (nSPS) is 11.3. The van der Waals surface area contributed by atoms with E-state index >= 15 is 0 Å². The van der Waals surface area contributed by atoms with Gasteiger partial charge in [-0.25, -0.2) is 4.79 Å². The third-order valence-corrected chi connectivity index (χ3v) is 2.19. The van der Waals surface area contributed by atoms with Gasteiger partial charge >= 0.3 is 6.03 Å². The van der Waals surface area contributed by atoms with Crippen LogP contribution in [0.15, 0.2) is 24.3 Å². The van der Waals surface area contributed by atoms with E-state index in [1.54, 1.807) is 0 Å². The van der Waals surface area contributed by atoms with Crippen LogP contribution in [0.1, 0.15) is 18.9 Å². The third-order valence-electron chi connectivity index (χ3n) is 2.19. The number of amides is 2. The Kier molecular flexibility index (Phi) is 4.41. The molecule has 0 saturated carbocycles. The highest BCUT2D eigenvalue weighted by Crippen LogP contribution is 2.09. The zero-order chi connectivity index (χ0) is 12.0. The quantitative estimate of drug-likeness (QED) is 0.749. The van der Waals surface area contributed by atoms with E-state index in [4.69, 9.17) is 6.42 Å². The van der Waals surface area contributed by atoms with Crippen molar-refractivity contribution in [2.24, 2.45) is 0 Å². The lowest BCUT2D eigenvalue weighted by molar-refractivity contribution is 0.250. The fourth-order valence-electron chi connectivity index (χ4n) is 1.31. The van der Waals surface area contributed by atoms with Crippen molar-refractivity contribution in [1.29, 1.82) is 0 Å². The van der Waals surface area contributed by atoms with Crippen LogP contribution < -0.4 is 10.6 Å². The minimum atomic E-state index is -0.268. The molecular formula is C13H16N2O. The molecule has 0 aromatic heterocycles. The Morgan fingerprint density at radius 1 is 1.56 bits per heavy atom. The van der Waals surface area contributed by atoms with Crippen molar-refractivity contribution in [1.82, 2.24) is 5.32 Å². The Balaban J connectivity index is 2.55. The summed E-state index contributed by atoms with van der Waals surface area (Å²) in [5.74, 6) is 2.51. The van der Waals surface area contributed by atoms with E-state index in [0.29, 0.717) is 0 Å². The molecule has 3 heteroatoms. The van der Waals surface area contributed by atoms with Gasteiger partial charge in [-0.05, 0) is 31.0 Å². The summed E-state index contributed by atoms with van der Waals surface area (Å²) in [4.78, 5) is 11.5. The Morgan fingerprint density at radius 3 is 2.88 bits per heavy atom. The second kappa shape index (κ2) is 5.82. The number of hydrogen-bond donors (Lipinski definition) is 2. The summed E-state index contributed by atoms with van der Waals surface area (Å²) in [6.45, 7) is 3.90. The minimum absolute atomic E-state index is 0.218. The van der Waals surface area contributed by atoms with Crippen molar-refractivity contribution in [3.63, 3.8) is 0 Å². The van der Waals surface area contributed by atoms with Gasteiger partial charge in [0.05, 0.1) is 6.04 Å². The van der Waals surface area contributed by atoms with Gasteiger partial charge in [-0.1, -0.05) is 25.0 Å². The molecule has 84 valence electrons. The van der Waals surface area contributed by atoms with Crippen molar-refractivity contribution in [3.05, 3.63) is 29.8 Å². The first kappa shape index (κ1) is 12.1. The molecule has 0 radical (unpaired) electrons. The van der Waals surface area contributed by atoms with Crippen LogP contribution in [0.2, 0.25) is 0 Å². The van der Waals surface area contributed by atoms with Crippen molar-refractivity contribution in [2.75, 3.05) is 5.32 Å². The summed E-state index contributed by atoms with van der Waals surface area (Å²) in [5, 5.41) is 5.43. The van der Waals surface area contributed by atoms with Gasteiger partial charge in [-0.3, -0.25) is 0 Å². The van der Waals surface area contributed by atoms with Crippen molar-refractivity contribution >= 4 is 11.7 Å². The van der Waals surface area contributed by atoms with Crippen LogP contribution in [0, 0.1) is 19.3 Å². The summed E-state index contributed by atoms with van der Waals surface area (Å²) >= 11 is 0. The largest absolute Gasteiger partial charge is 0.324 e. The van der Waals surface area contributed by atoms with Crippen molar-refractivity contribution in [2.45, 2.75) is 26.3 Å². The third kappa shape index (κ3) is 3.66. The lowest BCUT2D eigenvalue weighted by Gasteiger charge is -2.12. The Labute approximate surface area is 96.2 Å². The number of carbonyl (C=O) groups excluding carboxylic acids is 1. The number of terminal acetylenes is 1. The molecule has 1 atom stereocenters. The van der Waals surface area contributed by atoms with Crippen LogP contribution in [-0.4, -0.2) is 12.1 Å². The number of rotatable bonds is 3. The van der Waals surface area contributed by atoms with Crippen LogP contribution >= 0.6 is 0 Å². The van der Waals surface area contributed by atoms with Gasteiger partial charge in [0.2, 0.25) is 0 Å². The molecule has 1 aromatic rings. The highest BCUT2D eigenvalue weighted by atomic mass is 16.2. The van der Waals surface area contributed by atoms with E-state index in [9.17, 15) is 4.79 Å². The Morgan fingerprint density at radius 2 is 2.31 bits per heavy atom. The predicted molar refractivity (Wildman–Crippen MR) is 66.2 cm³/mol. The van der Waals surface area contributed by atoms with Crippen molar-refractivity contribution in [3.8, 4) is 12.3 Å². The first-order valence-corrected chi connectivity index (χ1v) is 5.26. The molecule has 3 nitrogen and oxygen atoms in total. The van der Waals surface area contributed by atoms with Crippen LogP contribution in [0.25, 0.3) is 0 Å². The molecule has 0 aliphatic carbocycles. The number of aryl methyl sites for hydroxylation is 1. The number of benzene rings is 1. The Hall–Kier alpha value is -1.95. The highest BCUT2D eigenvalue weighted by molar-refractivity contribution is 5.89. The predicted octanol–water partition coefficient (Wildman–Crippen LogP) is 2.53. The van der Waals surface area contributed by atoms with Gasteiger partial charge in [-0.15, -0.1) is 6.42 Å². The average molecular weight is 216 g/mol. The number of anilines is 1. The fraction of sp³-hybridized carbons (Fsp3) is 0.308. The van der Waals surface area contributed by atoms with Crippen LogP contribution in [-0.2, 0) is 0 Å². The second-order valence-electron chi connectivity index (χ2n) is 3.60. The molecule has 0 aliphatic heterocycles. The molecule has 1 aromatic carbocycles. The topological polar surface area (TPSA) is 41.1 Å². The summed E-state index contributed by atoms with van der Waals surface area (Å²) in [6, 6.07) is 7.11. The maximum Gasteiger partial charge on any atom is 0.320 e. The maximum atomic E-state index is 11.5. The molecule has 1 rings (SSSR count). The van der Waals surface area contributed by atoms with Gasteiger partial charge in [0.1, 0.15) is 0 Å². The number of carbonyl (C=O) groups is 1. The zero-order valence-electron chi connectivity index (χ0n) is 9.58. The molecule has 0 spiro atoms. The van der Waals surface area contributed by atoms with Crippen LogP contribution in [0.4, 0.5) is 10.5 Å². The minimum Gasteiger partial charge on any atom is -0.324 e. The second-order valence-corrected chi connectivity index (χ2v) is 3.60. The van der Waals surface area contributed by atoms with Gasteiger partial charge in [-0.2, -0.15) is 0 Å². The molecule has 0 heterocycles. The van der Waals surface area contributed by atoms with E-state index in [1.165, 1.54) is 0 Å². The van der Waals surface area contributed by atoms with E-state index < -0.39 is 0 Å². The first-order chi connectivity index (χ1) is 7.65. The number of nitrogens with one attached hydrogen (secondary N) is 2. The van der Waals surface area contributed by atoms with E-state index in [0.717, 1.165) is 17.7 Å². The molecule has 16 heavy (non-hydrogen) atoms. The molecular weight excluding hydrogens is 200 g/mol. The maximum absolute atomic E-state index is 11.5. The molecule has 0 fully saturated rings. The molecule has 0 bridgehead atoms. The van der Waals surface area contributed by atoms with Crippen LogP contribution in [0.5, 0.6) is 0 Å². The molecule has 1 unspecified atom stereocenters. The monoisotopic (exact) mass is 216 g/mol. The summed E-state index contributed by atoms with van der Waals surface area (Å²) in [7, 11) is 0. The van der Waals surface area contributed by atoms with Gasteiger partial charge in [0, 0.05) is 5.69 Å². The van der Waals surface area contributed by atoms with Crippen LogP contribution in [0.3, 0.4) is 0 Å². The van der Waals surface area contributed by atoms with Crippen molar-refractivity contribution < 1.29 is 4.79 Å². The first-order valence-electron chi connectivity index (χ1n) is 5.26. The highest BCUT2D eigenvalue weighted by Gasteiger charge is 2.06. The average Bonchev–Trinajstić information content (AvgIpc) is 2.26. The van der Waals surface area contributed by atoms with E-state index in [2.05, 4.69) is 16.6 Å². The van der Waals surface area contributed by atoms with Gasteiger partial charge in [0.25, 0.3) is 0 Å². The van der Waals surface area contributed by atoms with Gasteiger partial charge < -0.3 is 10.6 Å². The van der Waals surface area contributed by atoms with Gasteiger partial charge in [0.15, 0.2) is 0 Å². The lowest BCUT2D eigenvalue weighted by atomic mass is 10.2. The van der Waals surface area contributed by atoms with E-state index in [1.807, 2.05) is 38.1 Å². The molecule has 2 amide bonds. The SMILES string of the molecule is C#CC(CC)NC(=O)Nc1cccc(C)c1. The molecule has 0 saturated heterocycles. The fourth-order valence-corrected chi connectivity index (χ4v) is 1.31. The number of urea groups is 1. The summed E-state index contributed by atoms with van der Waals surface area (Å²) in [6.07, 6.45) is 5.98. The molecule has 2 N–H and O–H groups in total. The lowest BCUT2D eigenvalue weighted by Crippen LogP contribution is -2.36. The van der Waals surface area contributed by atoms with E-state index in [-0.39, 0.29) is 12.1 Å².